The zero-order chi connectivity index (χ0) is 11.7. The molecule has 1 heterocycles. The molecule has 1 aromatic rings. The van der Waals surface area contributed by atoms with Crippen molar-refractivity contribution in [2.45, 2.75) is 6.92 Å². The first-order chi connectivity index (χ1) is 7.56. The fourth-order valence-corrected chi connectivity index (χ4v) is 1.90. The van der Waals surface area contributed by atoms with Gasteiger partial charge in [-0.05, 0) is 24.6 Å². The number of imide groups is 1. The van der Waals surface area contributed by atoms with Crippen molar-refractivity contribution in [3.8, 4) is 0 Å². The van der Waals surface area contributed by atoms with Crippen LogP contribution in [-0.2, 0) is 9.59 Å². The highest BCUT2D eigenvalue weighted by Crippen LogP contribution is 2.24. The number of anilines is 1. The number of benzene rings is 1. The molecule has 4 nitrogen and oxygen atoms in total. The van der Waals surface area contributed by atoms with Crippen molar-refractivity contribution in [2.24, 2.45) is 0 Å². The minimum Gasteiger partial charge on any atom is -0.353 e. The van der Waals surface area contributed by atoms with Crippen LogP contribution in [0.25, 0.3) is 0 Å². The van der Waals surface area contributed by atoms with E-state index in [1.54, 1.807) is 17.0 Å². The van der Waals surface area contributed by atoms with Gasteiger partial charge in [0.05, 0.1) is 13.1 Å². The second kappa shape index (κ2) is 4.14. The van der Waals surface area contributed by atoms with Crippen molar-refractivity contribution in [3.63, 3.8) is 0 Å². The molecule has 0 bridgehead atoms. The number of halogens is 1. The van der Waals surface area contributed by atoms with Gasteiger partial charge in [0, 0.05) is 10.7 Å². The smallest absolute Gasteiger partial charge is 0.246 e. The van der Waals surface area contributed by atoms with Gasteiger partial charge in [0.1, 0.15) is 0 Å². The molecular formula is C11H11ClN2O2. The third-order valence-electron chi connectivity index (χ3n) is 2.46. The molecule has 0 radical (unpaired) electrons. The van der Waals surface area contributed by atoms with Crippen LogP contribution in [0.1, 0.15) is 5.56 Å². The summed E-state index contributed by atoms with van der Waals surface area (Å²) in [6.45, 7) is 2.29. The van der Waals surface area contributed by atoms with Gasteiger partial charge in [0.15, 0.2) is 0 Å². The number of carbonyl (C=O) groups excluding carboxylic acids is 2. The molecule has 0 saturated carbocycles. The second-order valence-corrected chi connectivity index (χ2v) is 4.19. The highest BCUT2D eigenvalue weighted by molar-refractivity contribution is 6.30. The van der Waals surface area contributed by atoms with Gasteiger partial charge in [-0.3, -0.25) is 14.9 Å². The van der Waals surface area contributed by atoms with Crippen LogP contribution in [0.3, 0.4) is 0 Å². The predicted molar refractivity (Wildman–Crippen MR) is 61.6 cm³/mol. The summed E-state index contributed by atoms with van der Waals surface area (Å²) >= 11 is 5.90. The Balaban J connectivity index is 2.32. The Hall–Kier alpha value is -1.55. The average Bonchev–Trinajstić information content (AvgIpc) is 2.20. The van der Waals surface area contributed by atoms with E-state index >= 15 is 0 Å². The van der Waals surface area contributed by atoms with Crippen molar-refractivity contribution < 1.29 is 9.59 Å². The van der Waals surface area contributed by atoms with E-state index in [1.807, 2.05) is 13.0 Å². The third-order valence-corrected chi connectivity index (χ3v) is 2.69. The summed E-state index contributed by atoms with van der Waals surface area (Å²) in [5.74, 6) is -0.564. The highest BCUT2D eigenvalue weighted by atomic mass is 35.5. The number of nitrogens with one attached hydrogen (secondary N) is 1. The molecule has 5 heteroatoms. The Labute approximate surface area is 98.2 Å². The third kappa shape index (κ3) is 2.17. The molecule has 1 fully saturated rings. The minimum atomic E-state index is -0.282. The van der Waals surface area contributed by atoms with Crippen LogP contribution < -0.4 is 10.2 Å². The number of rotatable bonds is 1. The molecule has 0 atom stereocenters. The Bertz CT molecular complexity index is 443. The zero-order valence-corrected chi connectivity index (χ0v) is 9.54. The number of piperazine rings is 1. The van der Waals surface area contributed by atoms with Crippen molar-refractivity contribution >= 4 is 29.1 Å². The van der Waals surface area contributed by atoms with E-state index in [0.29, 0.717) is 5.02 Å². The Morgan fingerprint density at radius 2 is 1.88 bits per heavy atom. The summed E-state index contributed by atoms with van der Waals surface area (Å²) in [6, 6.07) is 5.42. The van der Waals surface area contributed by atoms with Crippen molar-refractivity contribution in [2.75, 3.05) is 18.0 Å². The summed E-state index contributed by atoms with van der Waals surface area (Å²) in [4.78, 5) is 24.2. The molecule has 0 spiro atoms. The maximum atomic E-state index is 11.2. The highest BCUT2D eigenvalue weighted by Gasteiger charge is 2.23. The van der Waals surface area contributed by atoms with Gasteiger partial charge in [-0.1, -0.05) is 17.7 Å². The Morgan fingerprint density at radius 3 is 2.50 bits per heavy atom. The molecule has 1 N–H and O–H groups in total. The maximum Gasteiger partial charge on any atom is 0.246 e. The van der Waals surface area contributed by atoms with Gasteiger partial charge in [0.25, 0.3) is 0 Å². The average molecular weight is 239 g/mol. The molecule has 0 aliphatic carbocycles. The molecular weight excluding hydrogens is 228 g/mol. The first-order valence-electron chi connectivity index (χ1n) is 4.90. The molecule has 2 amide bonds. The number of aryl methyl sites for hydroxylation is 1. The van der Waals surface area contributed by atoms with Crippen LogP contribution in [0.2, 0.25) is 5.02 Å². The topological polar surface area (TPSA) is 49.4 Å². The van der Waals surface area contributed by atoms with Crippen LogP contribution in [0.4, 0.5) is 5.69 Å². The van der Waals surface area contributed by atoms with Gasteiger partial charge < -0.3 is 4.90 Å². The zero-order valence-electron chi connectivity index (χ0n) is 8.79. The predicted octanol–water partition coefficient (Wildman–Crippen LogP) is 1.11. The summed E-state index contributed by atoms with van der Waals surface area (Å²) in [5.41, 5.74) is 1.82. The van der Waals surface area contributed by atoms with E-state index in [4.69, 9.17) is 11.6 Å². The fourth-order valence-electron chi connectivity index (χ4n) is 1.73. The molecule has 16 heavy (non-hydrogen) atoms. The lowest BCUT2D eigenvalue weighted by atomic mass is 10.1. The van der Waals surface area contributed by atoms with Crippen LogP contribution in [0.5, 0.6) is 0 Å². The van der Waals surface area contributed by atoms with E-state index in [2.05, 4.69) is 5.32 Å². The lowest BCUT2D eigenvalue weighted by molar-refractivity contribution is -0.130. The number of hydrogen-bond donors (Lipinski definition) is 1. The van der Waals surface area contributed by atoms with Crippen LogP contribution in [0, 0.1) is 6.92 Å². The molecule has 2 rings (SSSR count). The van der Waals surface area contributed by atoms with E-state index in [9.17, 15) is 9.59 Å². The largest absolute Gasteiger partial charge is 0.353 e. The SMILES string of the molecule is Cc1ccc(Cl)cc1N1CC(=O)NC(=O)C1. The quantitative estimate of drug-likeness (QED) is 0.746. The van der Waals surface area contributed by atoms with Crippen LogP contribution in [0.15, 0.2) is 18.2 Å². The van der Waals surface area contributed by atoms with Gasteiger partial charge in [-0.25, -0.2) is 0 Å². The number of nitrogens with zero attached hydrogens (tertiary/aromatic N) is 1. The molecule has 84 valence electrons. The Kier molecular flexibility index (Phi) is 2.83. The van der Waals surface area contributed by atoms with Crippen molar-refractivity contribution in [1.82, 2.24) is 5.32 Å². The second-order valence-electron chi connectivity index (χ2n) is 3.76. The number of carbonyl (C=O) groups is 2. The van der Waals surface area contributed by atoms with Gasteiger partial charge in [-0.15, -0.1) is 0 Å². The molecule has 0 unspecified atom stereocenters. The van der Waals surface area contributed by atoms with Gasteiger partial charge in [-0.2, -0.15) is 0 Å². The van der Waals surface area contributed by atoms with E-state index in [-0.39, 0.29) is 24.9 Å². The standard InChI is InChI=1S/C11H11ClN2O2/c1-7-2-3-8(12)4-9(7)14-5-10(15)13-11(16)6-14/h2-4H,5-6H2,1H3,(H,13,15,16). The number of amides is 2. The monoisotopic (exact) mass is 238 g/mol. The van der Waals surface area contributed by atoms with E-state index in [0.717, 1.165) is 11.3 Å². The normalized spacial score (nSPS) is 16.2. The lowest BCUT2D eigenvalue weighted by Gasteiger charge is -2.28. The minimum absolute atomic E-state index is 0.187. The van der Waals surface area contributed by atoms with Crippen LogP contribution in [-0.4, -0.2) is 24.9 Å². The molecule has 1 aromatic carbocycles. The van der Waals surface area contributed by atoms with Gasteiger partial charge >= 0.3 is 0 Å². The first-order valence-corrected chi connectivity index (χ1v) is 5.28. The maximum absolute atomic E-state index is 11.2. The van der Waals surface area contributed by atoms with Gasteiger partial charge in [0.2, 0.25) is 11.8 Å². The molecule has 1 saturated heterocycles. The molecule has 0 aromatic heterocycles. The first kappa shape index (κ1) is 11.0. The van der Waals surface area contributed by atoms with Crippen molar-refractivity contribution in [1.29, 1.82) is 0 Å². The fraction of sp³-hybridized carbons (Fsp3) is 0.273. The van der Waals surface area contributed by atoms with Crippen LogP contribution >= 0.6 is 11.6 Å². The van der Waals surface area contributed by atoms with Crippen molar-refractivity contribution in [3.05, 3.63) is 28.8 Å². The summed E-state index contributed by atoms with van der Waals surface area (Å²) in [6.07, 6.45) is 0. The molecule has 1 aliphatic rings. The Morgan fingerprint density at radius 1 is 1.25 bits per heavy atom. The molecule has 1 aliphatic heterocycles. The van der Waals surface area contributed by atoms with E-state index < -0.39 is 0 Å². The van der Waals surface area contributed by atoms with E-state index in [1.165, 1.54) is 0 Å². The summed E-state index contributed by atoms with van der Waals surface area (Å²) < 4.78 is 0. The summed E-state index contributed by atoms with van der Waals surface area (Å²) in [7, 11) is 0. The lowest BCUT2D eigenvalue weighted by Crippen LogP contribution is -2.51. The summed E-state index contributed by atoms with van der Waals surface area (Å²) in [5, 5.41) is 2.86. The number of hydrogen-bond acceptors (Lipinski definition) is 3.